The predicted molar refractivity (Wildman–Crippen MR) is 101 cm³/mol. The van der Waals surface area contributed by atoms with Gasteiger partial charge < -0.3 is 5.31 Å². The second-order valence-electron chi connectivity index (χ2n) is 4.91. The van der Waals surface area contributed by atoms with Crippen LogP contribution in [0.2, 0.25) is 5.75 Å². The molecule has 0 bridgehead atoms. The number of thiophene rings is 1. The molecule has 4 rings (SSSR count). The van der Waals surface area contributed by atoms with Crippen LogP contribution in [0.4, 0.5) is 10.2 Å². The summed E-state index contributed by atoms with van der Waals surface area (Å²) in [7, 11) is 0. The van der Waals surface area contributed by atoms with Crippen molar-refractivity contribution in [1.82, 2.24) is 14.9 Å². The Hall–Kier alpha value is -1.76. The average molecular weight is 389 g/mol. The first-order chi connectivity index (χ1) is 16.9. The van der Waals surface area contributed by atoms with Crippen LogP contribution in [0.5, 0.6) is 0 Å². The number of halogens is 2. The Balaban J connectivity index is 1.82. The molecule has 3 heterocycles. The minimum Gasteiger partial charge on any atom is -0.367 e. The van der Waals surface area contributed by atoms with Crippen molar-refractivity contribution in [2.75, 3.05) is 18.4 Å². The SMILES string of the molecule is [2H]c1cc([2H])c(C([2H])([2H])N2CC([2H])([2H])C([2H])(N([2H])c3ncnc4sc(Cl)c([2H])c34)C([2H])([2H])C2)c([2H])c1F. The molecule has 0 atom stereocenters. The van der Waals surface area contributed by atoms with Crippen LogP contribution in [-0.4, -0.2) is 34.0 Å². The Labute approximate surface area is 171 Å². The number of nitrogens with zero attached hydrogens (tertiary/aromatic N) is 3. The number of anilines is 1. The lowest BCUT2D eigenvalue weighted by molar-refractivity contribution is 0.211. The van der Waals surface area contributed by atoms with E-state index in [9.17, 15) is 4.39 Å². The van der Waals surface area contributed by atoms with Crippen molar-refractivity contribution in [1.29, 1.82) is 0 Å². The van der Waals surface area contributed by atoms with Crippen molar-refractivity contribution >= 4 is 39.0 Å². The van der Waals surface area contributed by atoms with E-state index in [0.29, 0.717) is 11.0 Å². The monoisotopic (exact) mass is 388 g/mol. The molecule has 1 fully saturated rings. The molecule has 0 spiro atoms. The van der Waals surface area contributed by atoms with Crippen LogP contribution in [0.1, 0.15) is 33.4 Å². The number of piperidine rings is 1. The number of fused-ring (bicyclic) bond motifs is 1. The third-order valence-corrected chi connectivity index (χ3v) is 4.32. The van der Waals surface area contributed by atoms with Gasteiger partial charge in [-0.2, -0.15) is 0 Å². The molecule has 25 heavy (non-hydrogen) atoms. The van der Waals surface area contributed by atoms with Crippen molar-refractivity contribution in [2.24, 2.45) is 0 Å². The fourth-order valence-corrected chi connectivity index (χ4v) is 3.12. The lowest BCUT2D eigenvalue weighted by atomic mass is 10.0. The maximum atomic E-state index is 14.3. The fraction of sp³-hybridized carbons (Fsp3) is 0.333. The highest BCUT2D eigenvalue weighted by Gasteiger charge is 2.20. The summed E-state index contributed by atoms with van der Waals surface area (Å²) in [6.07, 6.45) is -4.99. The second-order valence-corrected chi connectivity index (χ2v) is 6.51. The number of benzene rings is 1. The minimum atomic E-state index is -3.04. The Morgan fingerprint density at radius 3 is 3.16 bits per heavy atom. The molecule has 1 saturated heterocycles. The smallest absolute Gasteiger partial charge is 0.162 e. The Morgan fingerprint density at radius 2 is 2.32 bits per heavy atom. The lowest BCUT2D eigenvalue weighted by Gasteiger charge is -2.32. The van der Waals surface area contributed by atoms with E-state index in [0.717, 1.165) is 17.7 Å². The van der Waals surface area contributed by atoms with Crippen LogP contribution < -0.4 is 5.31 Å². The topological polar surface area (TPSA) is 41.0 Å². The van der Waals surface area contributed by atoms with Gasteiger partial charge in [0.1, 0.15) is 22.8 Å². The quantitative estimate of drug-likeness (QED) is 0.711. The van der Waals surface area contributed by atoms with Crippen molar-refractivity contribution in [3.05, 3.63) is 52.3 Å². The van der Waals surface area contributed by atoms with Crippen molar-refractivity contribution in [3.8, 4) is 0 Å². The molecule has 130 valence electrons. The summed E-state index contributed by atoms with van der Waals surface area (Å²) >= 11 is 6.90. The fourth-order valence-electron chi connectivity index (χ4n) is 2.14. The van der Waals surface area contributed by atoms with Gasteiger partial charge in [0.2, 0.25) is 0 Å². The molecular formula is C18H18ClFN4S. The van der Waals surface area contributed by atoms with Crippen molar-refractivity contribution in [3.63, 3.8) is 0 Å². The molecule has 0 radical (unpaired) electrons. The zero-order chi connectivity index (χ0) is 27.9. The van der Waals surface area contributed by atoms with Gasteiger partial charge in [-0.25, -0.2) is 14.4 Å². The van der Waals surface area contributed by atoms with E-state index in [-0.39, 0.29) is 25.9 Å². The van der Waals surface area contributed by atoms with Crippen LogP contribution in [-0.2, 0) is 6.50 Å². The van der Waals surface area contributed by atoms with Crippen LogP contribution in [0.3, 0.4) is 0 Å². The van der Waals surface area contributed by atoms with Crippen molar-refractivity contribution < 1.29 is 20.9 Å². The summed E-state index contributed by atoms with van der Waals surface area (Å²) in [4.78, 5) is 8.63. The maximum Gasteiger partial charge on any atom is 0.162 e. The minimum absolute atomic E-state index is 0.00143. The second kappa shape index (κ2) is 7.23. The molecular weight excluding hydrogens is 359 g/mol. The summed E-state index contributed by atoms with van der Waals surface area (Å²) in [5, 5.41) is 0.123. The highest BCUT2D eigenvalue weighted by atomic mass is 35.5. The molecule has 1 aliphatic rings. The van der Waals surface area contributed by atoms with Gasteiger partial charge in [0, 0.05) is 33.8 Å². The first kappa shape index (κ1) is 7.86. The number of aromatic nitrogens is 2. The van der Waals surface area contributed by atoms with Crippen molar-refractivity contribution in [2.45, 2.75) is 25.3 Å². The zero-order valence-corrected chi connectivity index (χ0v) is 14.1. The third-order valence-electron chi connectivity index (χ3n) is 3.21. The Kier molecular flexibility index (Phi) is 2.27. The average Bonchev–Trinajstić information content (AvgIpc) is 3.08. The maximum absolute atomic E-state index is 14.3. The standard InChI is InChI=1S/C18H18ClFN4S/c19-16-9-15-17(21-11-22-18(15)25-16)23-14-4-6-24(7-5-14)10-12-2-1-3-13(20)8-12/h1-3,8-9,11,14H,4-7,10H2,(H,21,22,23)/i2D,3D,4D2,5D2,8D,9D,10D2,14D/hD. The molecule has 1 aromatic carbocycles. The molecule has 1 N–H and O–H groups in total. The van der Waals surface area contributed by atoms with E-state index >= 15 is 0 Å². The summed E-state index contributed by atoms with van der Waals surface area (Å²) in [6.45, 7) is -4.93. The third kappa shape index (κ3) is 3.92. The van der Waals surface area contributed by atoms with Crippen LogP contribution in [0.25, 0.3) is 10.2 Å². The first-order valence-electron chi connectivity index (χ1n) is 13.0. The molecule has 2 aromatic heterocycles. The van der Waals surface area contributed by atoms with Gasteiger partial charge in [0.05, 0.1) is 16.6 Å². The molecule has 0 aliphatic carbocycles. The molecule has 0 saturated carbocycles. The summed E-state index contributed by atoms with van der Waals surface area (Å²) in [5.41, 5.74) is -0.822. The number of rotatable bonds is 4. The highest BCUT2D eigenvalue weighted by Crippen LogP contribution is 2.32. The van der Waals surface area contributed by atoms with E-state index < -0.39 is 73.7 Å². The first-order valence-corrected chi connectivity index (χ1v) is 8.28. The number of nitrogens with one attached hydrogen (secondary N) is 1. The van der Waals surface area contributed by atoms with Gasteiger partial charge in [0.15, 0.2) is 1.41 Å². The molecule has 4 nitrogen and oxygen atoms in total. The summed E-state index contributed by atoms with van der Waals surface area (Å²) in [5.74, 6) is -1.83. The largest absolute Gasteiger partial charge is 0.367 e. The van der Waals surface area contributed by atoms with Gasteiger partial charge in [-0.15, -0.1) is 11.3 Å². The summed E-state index contributed by atoms with van der Waals surface area (Å²) in [6, 6.07) is -5.22. The highest BCUT2D eigenvalue weighted by molar-refractivity contribution is 7.22. The normalized spacial score (nSPS) is 29.2. The van der Waals surface area contributed by atoms with Gasteiger partial charge in [-0.1, -0.05) is 23.7 Å². The number of hydrogen-bond donors (Lipinski definition) is 1. The number of likely N-dealkylation sites (tertiary alicyclic amines) is 1. The van der Waals surface area contributed by atoms with E-state index in [1.54, 1.807) is 0 Å². The molecule has 3 aromatic rings. The van der Waals surface area contributed by atoms with Gasteiger partial charge in [0.25, 0.3) is 0 Å². The molecule has 7 heteroatoms. The van der Waals surface area contributed by atoms with Gasteiger partial charge >= 0.3 is 0 Å². The van der Waals surface area contributed by atoms with E-state index in [4.69, 9.17) is 28.1 Å². The van der Waals surface area contributed by atoms with Crippen LogP contribution in [0.15, 0.2) is 36.6 Å². The summed E-state index contributed by atoms with van der Waals surface area (Å²) < 4.78 is 115. The Morgan fingerprint density at radius 1 is 1.48 bits per heavy atom. The van der Waals surface area contributed by atoms with E-state index in [2.05, 4.69) is 9.97 Å². The van der Waals surface area contributed by atoms with Gasteiger partial charge in [-0.05, 0) is 36.4 Å². The molecule has 1 aliphatic heterocycles. The molecule has 0 unspecified atom stereocenters. The van der Waals surface area contributed by atoms with Gasteiger partial charge in [-0.3, -0.25) is 4.90 Å². The molecule has 0 amide bonds. The van der Waals surface area contributed by atoms with Crippen LogP contribution >= 0.6 is 22.9 Å². The zero-order valence-electron chi connectivity index (χ0n) is 24.5. The predicted octanol–water partition coefficient (Wildman–Crippen LogP) is 4.56. The lowest BCUT2D eigenvalue weighted by Crippen LogP contribution is -2.38. The number of hydrogen-bond acceptors (Lipinski definition) is 5. The van der Waals surface area contributed by atoms with E-state index in [1.165, 1.54) is 0 Å². The Bertz CT molecular complexity index is 1390. The van der Waals surface area contributed by atoms with Crippen LogP contribution in [0, 0.1) is 5.82 Å². The van der Waals surface area contributed by atoms with E-state index in [1.807, 2.05) is 0 Å².